The first-order chi connectivity index (χ1) is 6.60. The monoisotopic (exact) mass is 217 g/mol. The Labute approximate surface area is 87.2 Å². The number of hydrogen-bond acceptors (Lipinski definition) is 5. The van der Waals surface area contributed by atoms with E-state index in [4.69, 9.17) is 26.8 Å². The maximum atomic E-state index is 5.95. The van der Waals surface area contributed by atoms with Crippen LogP contribution in [0.3, 0.4) is 0 Å². The van der Waals surface area contributed by atoms with Crippen LogP contribution in [0.15, 0.2) is 0 Å². The molecule has 6 heteroatoms. The molecule has 0 aliphatic heterocycles. The van der Waals surface area contributed by atoms with Crippen LogP contribution < -0.4 is 15.2 Å². The molecule has 2 N–H and O–H groups in total. The van der Waals surface area contributed by atoms with E-state index in [2.05, 4.69) is 9.97 Å². The molecule has 0 amide bonds. The molecular formula is C8H12ClN3O2. The summed E-state index contributed by atoms with van der Waals surface area (Å²) in [4.78, 5) is 7.94. The molecular weight excluding hydrogens is 206 g/mol. The van der Waals surface area contributed by atoms with E-state index in [-0.39, 0.29) is 17.9 Å². The molecule has 1 atom stereocenters. The van der Waals surface area contributed by atoms with Gasteiger partial charge in [0.15, 0.2) is 0 Å². The molecule has 5 nitrogen and oxygen atoms in total. The fourth-order valence-corrected chi connectivity index (χ4v) is 1.28. The van der Waals surface area contributed by atoms with E-state index in [1.165, 1.54) is 14.2 Å². The van der Waals surface area contributed by atoms with E-state index in [1.54, 1.807) is 6.92 Å². The summed E-state index contributed by atoms with van der Waals surface area (Å²) < 4.78 is 9.85. The number of ether oxygens (including phenoxy) is 2. The van der Waals surface area contributed by atoms with Gasteiger partial charge < -0.3 is 15.2 Å². The van der Waals surface area contributed by atoms with Crippen LogP contribution in [0.2, 0.25) is 5.02 Å². The van der Waals surface area contributed by atoms with Crippen molar-refractivity contribution in [3.63, 3.8) is 0 Å². The van der Waals surface area contributed by atoms with Crippen LogP contribution >= 0.6 is 11.6 Å². The summed E-state index contributed by atoms with van der Waals surface area (Å²) in [6.07, 6.45) is 0. The largest absolute Gasteiger partial charge is 0.480 e. The molecule has 0 saturated carbocycles. The second-order valence-corrected chi connectivity index (χ2v) is 3.09. The zero-order chi connectivity index (χ0) is 10.7. The molecule has 14 heavy (non-hydrogen) atoms. The fourth-order valence-electron chi connectivity index (χ4n) is 0.951. The number of halogens is 1. The molecule has 0 unspecified atom stereocenters. The molecule has 0 aliphatic rings. The summed E-state index contributed by atoms with van der Waals surface area (Å²) in [6, 6.07) is -0.105. The van der Waals surface area contributed by atoms with Gasteiger partial charge in [-0.2, -0.15) is 9.97 Å². The van der Waals surface area contributed by atoms with Crippen molar-refractivity contribution in [3.05, 3.63) is 10.7 Å². The number of nitrogens with zero attached hydrogens (tertiary/aromatic N) is 2. The normalized spacial score (nSPS) is 12.4. The molecule has 0 aliphatic carbocycles. The van der Waals surface area contributed by atoms with Gasteiger partial charge in [0.25, 0.3) is 0 Å². The molecule has 1 aromatic heterocycles. The van der Waals surface area contributed by atoms with Gasteiger partial charge in [-0.3, -0.25) is 0 Å². The van der Waals surface area contributed by atoms with Crippen LogP contribution in [0.25, 0.3) is 0 Å². The molecule has 0 aromatic carbocycles. The lowest BCUT2D eigenvalue weighted by molar-refractivity contribution is 0.349. The molecule has 0 fully saturated rings. The number of aromatic nitrogens is 2. The third-order valence-electron chi connectivity index (χ3n) is 1.63. The summed E-state index contributed by atoms with van der Waals surface area (Å²) in [5.74, 6) is 0.269. The minimum Gasteiger partial charge on any atom is -0.480 e. The second kappa shape index (κ2) is 4.43. The quantitative estimate of drug-likeness (QED) is 0.823. The van der Waals surface area contributed by atoms with Crippen molar-refractivity contribution in [3.8, 4) is 11.9 Å². The van der Waals surface area contributed by atoms with Gasteiger partial charge in [0, 0.05) is 6.04 Å². The Hall–Kier alpha value is -1.07. The predicted octanol–water partition coefficient (Wildman–Crippen LogP) is 1.17. The highest BCUT2D eigenvalue weighted by molar-refractivity contribution is 6.32. The smallest absolute Gasteiger partial charge is 0.319 e. The number of rotatable bonds is 3. The van der Waals surface area contributed by atoms with Crippen LogP contribution in [0.5, 0.6) is 11.9 Å². The van der Waals surface area contributed by atoms with E-state index < -0.39 is 0 Å². The Morgan fingerprint density at radius 3 is 2.36 bits per heavy atom. The van der Waals surface area contributed by atoms with Gasteiger partial charge in [-0.05, 0) is 6.92 Å². The second-order valence-electron chi connectivity index (χ2n) is 2.71. The van der Waals surface area contributed by atoms with Crippen LogP contribution in [0.1, 0.15) is 18.7 Å². The van der Waals surface area contributed by atoms with Gasteiger partial charge >= 0.3 is 6.01 Å². The Morgan fingerprint density at radius 1 is 1.29 bits per heavy atom. The Morgan fingerprint density at radius 2 is 1.93 bits per heavy atom. The molecule has 0 saturated heterocycles. The minimum atomic E-state index is -0.298. The van der Waals surface area contributed by atoms with Crippen molar-refractivity contribution in [2.45, 2.75) is 13.0 Å². The average Bonchev–Trinajstić information content (AvgIpc) is 2.17. The molecule has 78 valence electrons. The van der Waals surface area contributed by atoms with Crippen molar-refractivity contribution >= 4 is 11.6 Å². The van der Waals surface area contributed by atoms with Crippen molar-refractivity contribution in [2.24, 2.45) is 5.73 Å². The highest BCUT2D eigenvalue weighted by atomic mass is 35.5. The highest BCUT2D eigenvalue weighted by Crippen LogP contribution is 2.29. The minimum absolute atomic E-state index is 0.193. The molecule has 1 aromatic rings. The van der Waals surface area contributed by atoms with Gasteiger partial charge in [0.1, 0.15) is 5.02 Å². The third kappa shape index (κ3) is 2.05. The summed E-state index contributed by atoms with van der Waals surface area (Å²) in [5, 5.41) is 0.323. The topological polar surface area (TPSA) is 70.3 Å². The van der Waals surface area contributed by atoms with Gasteiger partial charge in [-0.1, -0.05) is 11.6 Å². The molecule has 0 bridgehead atoms. The first-order valence-corrected chi connectivity index (χ1v) is 4.39. The van der Waals surface area contributed by atoms with Crippen molar-refractivity contribution in [1.82, 2.24) is 9.97 Å². The molecule has 1 heterocycles. The predicted molar refractivity (Wildman–Crippen MR) is 52.7 cm³/mol. The Balaban J connectivity index is 3.27. The van der Waals surface area contributed by atoms with E-state index in [0.29, 0.717) is 10.7 Å². The lowest BCUT2D eigenvalue weighted by atomic mass is 10.2. The lowest BCUT2D eigenvalue weighted by Gasteiger charge is -2.11. The molecule has 1 rings (SSSR count). The molecule has 0 spiro atoms. The van der Waals surface area contributed by atoms with Gasteiger partial charge in [0.2, 0.25) is 5.88 Å². The van der Waals surface area contributed by atoms with Crippen LogP contribution in [0, 0.1) is 0 Å². The van der Waals surface area contributed by atoms with Gasteiger partial charge in [0.05, 0.1) is 19.9 Å². The van der Waals surface area contributed by atoms with E-state index in [0.717, 1.165) is 0 Å². The summed E-state index contributed by atoms with van der Waals surface area (Å²) in [7, 11) is 2.94. The van der Waals surface area contributed by atoms with Crippen molar-refractivity contribution in [2.75, 3.05) is 14.2 Å². The summed E-state index contributed by atoms with van der Waals surface area (Å²) in [5.41, 5.74) is 6.19. The average molecular weight is 218 g/mol. The number of methoxy groups -OCH3 is 2. The lowest BCUT2D eigenvalue weighted by Crippen LogP contribution is -2.10. The maximum Gasteiger partial charge on any atom is 0.319 e. The first-order valence-electron chi connectivity index (χ1n) is 4.01. The van der Waals surface area contributed by atoms with Gasteiger partial charge in [-0.25, -0.2) is 0 Å². The van der Waals surface area contributed by atoms with Gasteiger partial charge in [-0.15, -0.1) is 0 Å². The van der Waals surface area contributed by atoms with E-state index in [9.17, 15) is 0 Å². The number of nitrogens with two attached hydrogens (primary N) is 1. The van der Waals surface area contributed by atoms with E-state index >= 15 is 0 Å². The van der Waals surface area contributed by atoms with Crippen LogP contribution in [-0.2, 0) is 0 Å². The summed E-state index contributed by atoms with van der Waals surface area (Å²) in [6.45, 7) is 1.77. The first kappa shape index (κ1) is 11.0. The molecule has 0 radical (unpaired) electrons. The Kier molecular flexibility index (Phi) is 3.49. The zero-order valence-electron chi connectivity index (χ0n) is 8.24. The third-order valence-corrected chi connectivity index (χ3v) is 1.99. The number of hydrogen-bond donors (Lipinski definition) is 1. The fraction of sp³-hybridized carbons (Fsp3) is 0.500. The van der Waals surface area contributed by atoms with Crippen molar-refractivity contribution in [1.29, 1.82) is 0 Å². The van der Waals surface area contributed by atoms with Crippen molar-refractivity contribution < 1.29 is 9.47 Å². The standard InChI is InChI=1S/C8H12ClN3O2/c1-4(10)6-5(9)7(13-2)12-8(11-6)14-3/h4H,10H2,1-3H3/t4-/m0/s1. The Bertz CT molecular complexity index is 331. The SMILES string of the molecule is COc1nc(OC)c(Cl)c([C@H](C)N)n1. The maximum absolute atomic E-state index is 5.95. The highest BCUT2D eigenvalue weighted by Gasteiger charge is 2.16. The van der Waals surface area contributed by atoms with E-state index in [1.807, 2.05) is 0 Å². The summed E-state index contributed by atoms with van der Waals surface area (Å²) >= 11 is 5.95. The zero-order valence-corrected chi connectivity index (χ0v) is 9.00. The van der Waals surface area contributed by atoms with Crippen LogP contribution in [0.4, 0.5) is 0 Å². The van der Waals surface area contributed by atoms with Crippen LogP contribution in [-0.4, -0.2) is 24.2 Å².